The molecular weight excluding hydrogens is 290 g/mol. The van der Waals surface area contributed by atoms with Gasteiger partial charge < -0.3 is 10.6 Å². The van der Waals surface area contributed by atoms with Gasteiger partial charge in [-0.05, 0) is 32.1 Å². The van der Waals surface area contributed by atoms with Crippen molar-refractivity contribution < 1.29 is 13.2 Å². The maximum Gasteiger partial charge on any atom is 0.229 e. The molecule has 120 valence electrons. The third-order valence-electron chi connectivity index (χ3n) is 4.19. The zero-order chi connectivity index (χ0) is 15.5. The first-order valence-corrected chi connectivity index (χ1v) is 9.45. The van der Waals surface area contributed by atoms with E-state index in [-0.39, 0.29) is 23.9 Å². The summed E-state index contributed by atoms with van der Waals surface area (Å²) in [5.41, 5.74) is 5.82. The maximum absolute atomic E-state index is 12.6. The van der Waals surface area contributed by atoms with Crippen LogP contribution in [0.5, 0.6) is 0 Å². The fraction of sp³-hybridized carbons (Fsp3) is 0.786. The SMILES string of the molecule is CS(=O)(=O)NCCC1CCCCN1C(=O)C1C=CC(N)C1. The van der Waals surface area contributed by atoms with Gasteiger partial charge in [-0.1, -0.05) is 12.2 Å². The zero-order valence-electron chi connectivity index (χ0n) is 12.5. The molecular formula is C14H25N3O3S. The van der Waals surface area contributed by atoms with Crippen LogP contribution < -0.4 is 10.5 Å². The Morgan fingerprint density at radius 2 is 2.14 bits per heavy atom. The first-order chi connectivity index (χ1) is 9.87. The molecule has 0 bridgehead atoms. The number of carbonyl (C=O) groups excluding carboxylic acids is 1. The molecule has 1 aliphatic heterocycles. The maximum atomic E-state index is 12.6. The van der Waals surface area contributed by atoms with Crippen LogP contribution in [0.25, 0.3) is 0 Å². The van der Waals surface area contributed by atoms with Crippen molar-refractivity contribution in [3.63, 3.8) is 0 Å². The van der Waals surface area contributed by atoms with Gasteiger partial charge in [0.1, 0.15) is 0 Å². The fourth-order valence-electron chi connectivity index (χ4n) is 3.13. The number of rotatable bonds is 5. The molecule has 2 rings (SSSR count). The van der Waals surface area contributed by atoms with Crippen molar-refractivity contribution in [2.45, 2.75) is 44.2 Å². The van der Waals surface area contributed by atoms with Crippen molar-refractivity contribution in [2.24, 2.45) is 11.7 Å². The van der Waals surface area contributed by atoms with E-state index in [0.717, 1.165) is 32.1 Å². The van der Waals surface area contributed by atoms with Gasteiger partial charge in [0, 0.05) is 25.2 Å². The van der Waals surface area contributed by atoms with Gasteiger partial charge in [0.25, 0.3) is 0 Å². The van der Waals surface area contributed by atoms with Crippen LogP contribution in [0.2, 0.25) is 0 Å². The van der Waals surface area contributed by atoms with Gasteiger partial charge in [-0.15, -0.1) is 0 Å². The summed E-state index contributed by atoms with van der Waals surface area (Å²) in [6.07, 6.45) is 9.36. The van der Waals surface area contributed by atoms with E-state index >= 15 is 0 Å². The first-order valence-electron chi connectivity index (χ1n) is 7.56. The Hall–Kier alpha value is -0.920. The average molecular weight is 315 g/mol. The smallest absolute Gasteiger partial charge is 0.229 e. The number of nitrogens with two attached hydrogens (primary N) is 1. The monoisotopic (exact) mass is 315 g/mol. The Labute approximate surface area is 126 Å². The molecule has 1 fully saturated rings. The van der Waals surface area contributed by atoms with Crippen LogP contribution in [0, 0.1) is 5.92 Å². The Bertz CT molecular complexity index is 504. The molecule has 3 atom stereocenters. The van der Waals surface area contributed by atoms with Crippen molar-refractivity contribution in [1.82, 2.24) is 9.62 Å². The highest BCUT2D eigenvalue weighted by Crippen LogP contribution is 2.25. The number of nitrogens with zero attached hydrogens (tertiary/aromatic N) is 1. The summed E-state index contributed by atoms with van der Waals surface area (Å²) >= 11 is 0. The molecule has 0 aromatic rings. The number of piperidine rings is 1. The first kappa shape index (κ1) is 16.5. The average Bonchev–Trinajstić information content (AvgIpc) is 2.84. The molecule has 7 heteroatoms. The molecule has 1 amide bonds. The molecule has 0 aromatic heterocycles. The Morgan fingerprint density at radius 1 is 1.38 bits per heavy atom. The third kappa shape index (κ3) is 4.79. The number of hydrogen-bond acceptors (Lipinski definition) is 4. The lowest BCUT2D eigenvalue weighted by Gasteiger charge is -2.37. The number of nitrogens with one attached hydrogen (secondary N) is 1. The summed E-state index contributed by atoms with van der Waals surface area (Å²) in [7, 11) is -3.17. The predicted octanol–water partition coefficient (Wildman–Crippen LogP) is 0.210. The number of carbonyl (C=O) groups is 1. The molecule has 0 spiro atoms. The van der Waals surface area contributed by atoms with Gasteiger partial charge in [-0.3, -0.25) is 4.79 Å². The summed E-state index contributed by atoms with van der Waals surface area (Å²) in [6.45, 7) is 1.15. The number of likely N-dealkylation sites (tertiary alicyclic amines) is 1. The topological polar surface area (TPSA) is 92.5 Å². The summed E-state index contributed by atoms with van der Waals surface area (Å²) in [5, 5.41) is 0. The molecule has 1 aliphatic carbocycles. The van der Waals surface area contributed by atoms with Crippen molar-refractivity contribution in [3.05, 3.63) is 12.2 Å². The third-order valence-corrected chi connectivity index (χ3v) is 4.91. The molecule has 6 nitrogen and oxygen atoms in total. The summed E-state index contributed by atoms with van der Waals surface area (Å²) < 4.78 is 24.7. The lowest BCUT2D eigenvalue weighted by atomic mass is 9.96. The Kier molecular flexibility index (Phi) is 5.40. The molecule has 1 saturated heterocycles. The summed E-state index contributed by atoms with van der Waals surface area (Å²) in [5.74, 6) is 0.0340. The van der Waals surface area contributed by atoms with Gasteiger partial charge in [0.2, 0.25) is 15.9 Å². The second kappa shape index (κ2) is 6.89. The molecule has 1 heterocycles. The van der Waals surface area contributed by atoms with Crippen LogP contribution in [0.1, 0.15) is 32.1 Å². The highest BCUT2D eigenvalue weighted by Gasteiger charge is 2.32. The Balaban J connectivity index is 1.92. The van der Waals surface area contributed by atoms with E-state index in [1.54, 1.807) is 0 Å². The van der Waals surface area contributed by atoms with Gasteiger partial charge in [0.05, 0.1) is 12.2 Å². The van der Waals surface area contributed by atoms with Crippen LogP contribution >= 0.6 is 0 Å². The van der Waals surface area contributed by atoms with E-state index in [9.17, 15) is 13.2 Å². The minimum atomic E-state index is -3.17. The van der Waals surface area contributed by atoms with E-state index in [4.69, 9.17) is 5.73 Å². The standard InChI is InChI=1S/C14H25N3O3S/c1-21(19,20)16-8-7-13-4-2-3-9-17(13)14(18)11-5-6-12(15)10-11/h5-6,11-13,16H,2-4,7-10,15H2,1H3. The van der Waals surface area contributed by atoms with E-state index in [1.807, 2.05) is 17.1 Å². The second-order valence-corrected chi connectivity index (χ2v) is 7.86. The quantitative estimate of drug-likeness (QED) is 0.709. The van der Waals surface area contributed by atoms with Crippen molar-refractivity contribution >= 4 is 15.9 Å². The largest absolute Gasteiger partial charge is 0.339 e. The highest BCUT2D eigenvalue weighted by molar-refractivity contribution is 7.88. The molecule has 0 radical (unpaired) electrons. The van der Waals surface area contributed by atoms with Gasteiger partial charge in [-0.25, -0.2) is 13.1 Å². The molecule has 0 saturated carbocycles. The van der Waals surface area contributed by atoms with Crippen LogP contribution in [-0.4, -0.2) is 50.7 Å². The van der Waals surface area contributed by atoms with Crippen LogP contribution in [0.3, 0.4) is 0 Å². The van der Waals surface area contributed by atoms with Crippen LogP contribution in [0.4, 0.5) is 0 Å². The number of sulfonamides is 1. The lowest BCUT2D eigenvalue weighted by molar-refractivity contribution is -0.137. The van der Waals surface area contributed by atoms with Gasteiger partial charge in [-0.2, -0.15) is 0 Å². The molecule has 3 N–H and O–H groups in total. The Morgan fingerprint density at radius 3 is 2.76 bits per heavy atom. The number of hydrogen-bond donors (Lipinski definition) is 2. The normalized spacial score (nSPS) is 29.8. The van der Waals surface area contributed by atoms with E-state index in [0.29, 0.717) is 19.4 Å². The molecule has 2 aliphatic rings. The number of amides is 1. The summed E-state index contributed by atoms with van der Waals surface area (Å²) in [4.78, 5) is 14.5. The molecule has 0 aromatic carbocycles. The summed E-state index contributed by atoms with van der Waals surface area (Å²) in [6, 6.07) is 0.111. The lowest BCUT2D eigenvalue weighted by Crippen LogP contribution is -2.47. The van der Waals surface area contributed by atoms with Gasteiger partial charge >= 0.3 is 0 Å². The van der Waals surface area contributed by atoms with Crippen molar-refractivity contribution in [3.8, 4) is 0 Å². The fourth-order valence-corrected chi connectivity index (χ4v) is 3.61. The minimum absolute atomic E-state index is 0.0194. The highest BCUT2D eigenvalue weighted by atomic mass is 32.2. The van der Waals surface area contributed by atoms with Crippen molar-refractivity contribution in [1.29, 1.82) is 0 Å². The molecule has 3 unspecified atom stereocenters. The van der Waals surface area contributed by atoms with E-state index < -0.39 is 10.0 Å². The molecule has 21 heavy (non-hydrogen) atoms. The van der Waals surface area contributed by atoms with E-state index in [1.165, 1.54) is 0 Å². The van der Waals surface area contributed by atoms with Crippen LogP contribution in [-0.2, 0) is 14.8 Å². The predicted molar refractivity (Wildman–Crippen MR) is 82.0 cm³/mol. The second-order valence-electron chi connectivity index (χ2n) is 6.03. The van der Waals surface area contributed by atoms with E-state index in [2.05, 4.69) is 4.72 Å². The van der Waals surface area contributed by atoms with Crippen LogP contribution in [0.15, 0.2) is 12.2 Å². The van der Waals surface area contributed by atoms with Gasteiger partial charge in [0.15, 0.2) is 0 Å². The minimum Gasteiger partial charge on any atom is -0.339 e. The zero-order valence-corrected chi connectivity index (χ0v) is 13.3. The van der Waals surface area contributed by atoms with Crippen molar-refractivity contribution in [2.75, 3.05) is 19.3 Å².